The third-order valence-electron chi connectivity index (χ3n) is 2.02. The summed E-state index contributed by atoms with van der Waals surface area (Å²) < 4.78 is 3.33. The zero-order chi connectivity index (χ0) is 6.97. The minimum absolute atomic E-state index is 0.712. The molecule has 1 aliphatic rings. The molecule has 2 nitrogen and oxygen atoms in total. The molecule has 0 bridgehead atoms. The first-order valence-electron chi connectivity index (χ1n) is 3.56. The van der Waals surface area contributed by atoms with Crippen LogP contribution in [0.25, 0.3) is 0 Å². The monoisotopic (exact) mass is 248 g/mol. The third-order valence-corrected chi connectivity index (χ3v) is 2.58. The first kappa shape index (κ1) is 6.64. The number of hydrogen-bond donors (Lipinski definition) is 0. The van der Waals surface area contributed by atoms with Crippen LogP contribution in [0.3, 0.4) is 0 Å². The molecular formula is C7H9IN2. The van der Waals surface area contributed by atoms with Gasteiger partial charge in [-0.05, 0) is 41.9 Å². The molecular weight excluding hydrogens is 239 g/mol. The molecule has 0 aromatic carbocycles. The van der Waals surface area contributed by atoms with Crippen molar-refractivity contribution in [3.63, 3.8) is 0 Å². The lowest BCUT2D eigenvalue weighted by molar-refractivity contribution is 0.289. The number of hydrogen-bond acceptors (Lipinski definition) is 1. The van der Waals surface area contributed by atoms with Crippen LogP contribution in [0, 0.1) is 3.57 Å². The number of rotatable bonds is 1. The van der Waals surface area contributed by atoms with Gasteiger partial charge in [-0.3, -0.25) is 4.68 Å². The van der Waals surface area contributed by atoms with Gasteiger partial charge >= 0.3 is 0 Å². The highest BCUT2D eigenvalue weighted by Crippen LogP contribution is 2.30. The molecule has 0 amide bonds. The van der Waals surface area contributed by atoms with Crippen molar-refractivity contribution in [2.75, 3.05) is 0 Å². The molecule has 0 N–H and O–H groups in total. The molecule has 1 saturated carbocycles. The SMILES string of the molecule is Ic1cnn(C2CCC2)c1. The van der Waals surface area contributed by atoms with Crippen molar-refractivity contribution in [1.29, 1.82) is 0 Å². The van der Waals surface area contributed by atoms with Crippen LogP contribution in [0.15, 0.2) is 12.4 Å². The van der Waals surface area contributed by atoms with Gasteiger partial charge in [0.2, 0.25) is 0 Å². The summed E-state index contributed by atoms with van der Waals surface area (Å²) in [6.45, 7) is 0. The number of aromatic nitrogens is 2. The predicted octanol–water partition coefficient (Wildman–Crippen LogP) is 2.21. The molecule has 2 rings (SSSR count). The van der Waals surface area contributed by atoms with Gasteiger partial charge in [0.05, 0.1) is 15.8 Å². The maximum absolute atomic E-state index is 4.25. The average Bonchev–Trinajstić information content (AvgIpc) is 2.10. The lowest BCUT2D eigenvalue weighted by Gasteiger charge is -2.25. The van der Waals surface area contributed by atoms with Gasteiger partial charge in [-0.15, -0.1) is 0 Å². The molecule has 1 heterocycles. The minimum atomic E-state index is 0.712. The van der Waals surface area contributed by atoms with Gasteiger partial charge in [0, 0.05) is 6.20 Å². The first-order valence-corrected chi connectivity index (χ1v) is 4.64. The van der Waals surface area contributed by atoms with Crippen molar-refractivity contribution in [3.8, 4) is 0 Å². The van der Waals surface area contributed by atoms with Gasteiger partial charge in [-0.25, -0.2) is 0 Å². The second-order valence-electron chi connectivity index (χ2n) is 2.72. The van der Waals surface area contributed by atoms with Crippen molar-refractivity contribution in [2.24, 2.45) is 0 Å². The molecule has 0 atom stereocenters. The van der Waals surface area contributed by atoms with Crippen LogP contribution >= 0.6 is 22.6 Å². The molecule has 54 valence electrons. The van der Waals surface area contributed by atoms with E-state index in [9.17, 15) is 0 Å². The summed E-state index contributed by atoms with van der Waals surface area (Å²) in [5.41, 5.74) is 0. The van der Waals surface area contributed by atoms with E-state index in [4.69, 9.17) is 0 Å². The summed E-state index contributed by atoms with van der Waals surface area (Å²) in [6.07, 6.45) is 8.04. The summed E-state index contributed by atoms with van der Waals surface area (Å²) in [6, 6.07) is 0.712. The van der Waals surface area contributed by atoms with E-state index < -0.39 is 0 Å². The lowest BCUT2D eigenvalue weighted by atomic mass is 9.93. The molecule has 0 radical (unpaired) electrons. The van der Waals surface area contributed by atoms with Gasteiger partial charge in [0.25, 0.3) is 0 Å². The number of halogens is 1. The van der Waals surface area contributed by atoms with E-state index in [2.05, 4.69) is 38.6 Å². The van der Waals surface area contributed by atoms with Crippen LogP contribution in [-0.4, -0.2) is 9.78 Å². The second-order valence-corrected chi connectivity index (χ2v) is 3.97. The standard InChI is InChI=1S/C7H9IN2/c8-6-4-9-10(5-6)7-2-1-3-7/h4-5,7H,1-3H2. The minimum Gasteiger partial charge on any atom is -0.269 e. The zero-order valence-corrected chi connectivity index (χ0v) is 7.78. The van der Waals surface area contributed by atoms with Crippen molar-refractivity contribution >= 4 is 22.6 Å². The van der Waals surface area contributed by atoms with Crippen molar-refractivity contribution in [1.82, 2.24) is 9.78 Å². The van der Waals surface area contributed by atoms with Gasteiger partial charge in [0.15, 0.2) is 0 Å². The molecule has 10 heavy (non-hydrogen) atoms. The van der Waals surface area contributed by atoms with Crippen LogP contribution < -0.4 is 0 Å². The van der Waals surface area contributed by atoms with Crippen LogP contribution in [0.1, 0.15) is 25.3 Å². The fourth-order valence-corrected chi connectivity index (χ4v) is 1.58. The van der Waals surface area contributed by atoms with Crippen LogP contribution in [0.2, 0.25) is 0 Å². The topological polar surface area (TPSA) is 17.8 Å². The van der Waals surface area contributed by atoms with E-state index in [0.29, 0.717) is 6.04 Å². The number of nitrogens with zero attached hydrogens (tertiary/aromatic N) is 2. The largest absolute Gasteiger partial charge is 0.269 e. The Hall–Kier alpha value is -0.0600. The van der Waals surface area contributed by atoms with Crippen LogP contribution in [-0.2, 0) is 0 Å². The Morgan fingerprint density at radius 3 is 2.80 bits per heavy atom. The Kier molecular flexibility index (Phi) is 1.68. The highest BCUT2D eigenvalue weighted by molar-refractivity contribution is 14.1. The molecule has 1 fully saturated rings. The van der Waals surface area contributed by atoms with E-state index in [0.717, 1.165) is 0 Å². The average molecular weight is 248 g/mol. The fourth-order valence-electron chi connectivity index (χ4n) is 1.17. The van der Waals surface area contributed by atoms with Crippen molar-refractivity contribution < 1.29 is 0 Å². The molecule has 0 saturated heterocycles. The van der Waals surface area contributed by atoms with Gasteiger partial charge < -0.3 is 0 Å². The molecule has 1 aromatic rings. The highest BCUT2D eigenvalue weighted by atomic mass is 127. The van der Waals surface area contributed by atoms with E-state index in [1.165, 1.54) is 22.8 Å². The van der Waals surface area contributed by atoms with E-state index in [-0.39, 0.29) is 0 Å². The van der Waals surface area contributed by atoms with Crippen molar-refractivity contribution in [2.45, 2.75) is 25.3 Å². The Labute approximate surface area is 73.8 Å². The molecule has 1 aromatic heterocycles. The Morgan fingerprint density at radius 2 is 2.40 bits per heavy atom. The molecule has 3 heteroatoms. The van der Waals surface area contributed by atoms with Crippen molar-refractivity contribution in [3.05, 3.63) is 16.0 Å². The summed E-state index contributed by atoms with van der Waals surface area (Å²) in [7, 11) is 0. The Balaban J connectivity index is 2.17. The fraction of sp³-hybridized carbons (Fsp3) is 0.571. The van der Waals surface area contributed by atoms with E-state index >= 15 is 0 Å². The lowest BCUT2D eigenvalue weighted by Crippen LogP contribution is -2.16. The molecule has 0 aliphatic heterocycles. The zero-order valence-electron chi connectivity index (χ0n) is 5.63. The van der Waals surface area contributed by atoms with E-state index in [1.54, 1.807) is 0 Å². The summed E-state index contributed by atoms with van der Waals surface area (Å²) in [5, 5.41) is 4.25. The molecule has 1 aliphatic carbocycles. The maximum Gasteiger partial charge on any atom is 0.0623 e. The predicted molar refractivity (Wildman–Crippen MR) is 47.8 cm³/mol. The highest BCUT2D eigenvalue weighted by Gasteiger charge is 2.19. The van der Waals surface area contributed by atoms with E-state index in [1.807, 2.05) is 6.20 Å². The van der Waals surface area contributed by atoms with Gasteiger partial charge in [-0.2, -0.15) is 5.10 Å². The van der Waals surface area contributed by atoms with Gasteiger partial charge in [0.1, 0.15) is 0 Å². The smallest absolute Gasteiger partial charge is 0.0623 e. The van der Waals surface area contributed by atoms with Gasteiger partial charge in [-0.1, -0.05) is 0 Å². The Morgan fingerprint density at radius 1 is 1.60 bits per heavy atom. The quantitative estimate of drug-likeness (QED) is 0.696. The second kappa shape index (κ2) is 2.53. The third kappa shape index (κ3) is 1.07. The Bertz CT molecular complexity index is 227. The first-order chi connectivity index (χ1) is 4.86. The van der Waals surface area contributed by atoms with Crippen LogP contribution in [0.4, 0.5) is 0 Å². The summed E-state index contributed by atoms with van der Waals surface area (Å²) >= 11 is 2.29. The summed E-state index contributed by atoms with van der Waals surface area (Å²) in [5.74, 6) is 0. The maximum atomic E-state index is 4.25. The normalized spacial score (nSPS) is 18.9. The molecule has 0 unspecified atom stereocenters. The summed E-state index contributed by atoms with van der Waals surface area (Å²) in [4.78, 5) is 0. The molecule has 0 spiro atoms. The van der Waals surface area contributed by atoms with Crippen LogP contribution in [0.5, 0.6) is 0 Å².